The zero-order valence-corrected chi connectivity index (χ0v) is 16.9. The number of amides is 1. The van der Waals surface area contributed by atoms with Gasteiger partial charge in [-0.2, -0.15) is 0 Å². The maximum atomic E-state index is 12.7. The number of carbonyl (C=O) groups excluding carboxylic acids is 1. The summed E-state index contributed by atoms with van der Waals surface area (Å²) in [6.45, 7) is 3.71. The predicted octanol–water partition coefficient (Wildman–Crippen LogP) is 5.37. The van der Waals surface area contributed by atoms with E-state index >= 15 is 0 Å². The number of aryl methyl sites for hydroxylation is 1. The van der Waals surface area contributed by atoms with Crippen molar-refractivity contribution in [3.63, 3.8) is 0 Å². The molecular weight excluding hydrogens is 386 g/mol. The van der Waals surface area contributed by atoms with Gasteiger partial charge in [0.25, 0.3) is 5.91 Å². The van der Waals surface area contributed by atoms with Crippen LogP contribution in [-0.4, -0.2) is 21.4 Å². The standard InChI is InChI=1S/C23H20ClN3O2/c1-15-8-7-13-27-14-20(25-22(15)27)17-9-3-5-11-19(17)26-23(28)16(2)29-21-12-6-4-10-18(21)24/h3-14,16H,1-2H3,(H,26,28)/t16-/m1/s1. The molecule has 1 N–H and O–H groups in total. The zero-order chi connectivity index (χ0) is 20.4. The van der Waals surface area contributed by atoms with E-state index in [0.717, 1.165) is 22.5 Å². The Hall–Kier alpha value is -3.31. The highest BCUT2D eigenvalue weighted by atomic mass is 35.5. The summed E-state index contributed by atoms with van der Waals surface area (Å²) in [5.41, 5.74) is 4.28. The number of halogens is 1. The number of hydrogen-bond donors (Lipinski definition) is 1. The van der Waals surface area contributed by atoms with Crippen molar-refractivity contribution in [2.75, 3.05) is 5.32 Å². The lowest BCUT2D eigenvalue weighted by atomic mass is 10.1. The van der Waals surface area contributed by atoms with E-state index in [-0.39, 0.29) is 5.91 Å². The molecule has 1 atom stereocenters. The van der Waals surface area contributed by atoms with Crippen molar-refractivity contribution in [3.05, 3.63) is 83.6 Å². The van der Waals surface area contributed by atoms with E-state index in [1.54, 1.807) is 19.1 Å². The average molecular weight is 406 g/mol. The van der Waals surface area contributed by atoms with E-state index in [1.165, 1.54) is 0 Å². The molecule has 146 valence electrons. The fourth-order valence-electron chi connectivity index (χ4n) is 3.12. The molecule has 0 bridgehead atoms. The monoisotopic (exact) mass is 405 g/mol. The van der Waals surface area contributed by atoms with Crippen LogP contribution in [0.15, 0.2) is 73.1 Å². The summed E-state index contributed by atoms with van der Waals surface area (Å²) in [5, 5.41) is 3.42. The smallest absolute Gasteiger partial charge is 0.265 e. The van der Waals surface area contributed by atoms with Crippen molar-refractivity contribution in [3.8, 4) is 17.0 Å². The number of anilines is 1. The summed E-state index contributed by atoms with van der Waals surface area (Å²) < 4.78 is 7.70. The molecule has 5 nitrogen and oxygen atoms in total. The van der Waals surface area contributed by atoms with Crippen molar-refractivity contribution >= 4 is 28.8 Å². The second kappa shape index (κ2) is 7.97. The number of benzene rings is 2. The summed E-state index contributed by atoms with van der Waals surface area (Å²) in [6.07, 6.45) is 3.20. The van der Waals surface area contributed by atoms with Gasteiger partial charge in [-0.05, 0) is 43.7 Å². The molecule has 2 heterocycles. The van der Waals surface area contributed by atoms with E-state index < -0.39 is 6.10 Å². The minimum Gasteiger partial charge on any atom is -0.479 e. The van der Waals surface area contributed by atoms with Gasteiger partial charge in [0.05, 0.1) is 16.4 Å². The Morgan fingerprint density at radius 1 is 1.10 bits per heavy atom. The molecule has 2 aromatic heterocycles. The molecule has 0 saturated heterocycles. The number of hydrogen-bond acceptors (Lipinski definition) is 3. The van der Waals surface area contributed by atoms with Gasteiger partial charge in [-0.3, -0.25) is 4.79 Å². The number of para-hydroxylation sites is 2. The molecule has 4 rings (SSSR count). The van der Waals surface area contributed by atoms with Crippen LogP contribution in [0.2, 0.25) is 5.02 Å². The number of nitrogens with zero attached hydrogens (tertiary/aromatic N) is 2. The topological polar surface area (TPSA) is 55.6 Å². The van der Waals surface area contributed by atoms with E-state index in [2.05, 4.69) is 5.32 Å². The first-order valence-electron chi connectivity index (χ1n) is 9.28. The maximum Gasteiger partial charge on any atom is 0.265 e. The first-order chi connectivity index (χ1) is 14.0. The van der Waals surface area contributed by atoms with Crippen LogP contribution in [0.4, 0.5) is 5.69 Å². The largest absolute Gasteiger partial charge is 0.479 e. The lowest BCUT2D eigenvalue weighted by molar-refractivity contribution is -0.122. The summed E-state index contributed by atoms with van der Waals surface area (Å²) in [5.74, 6) is 0.207. The molecule has 0 fully saturated rings. The molecule has 4 aromatic rings. The van der Waals surface area contributed by atoms with E-state index in [1.807, 2.05) is 72.2 Å². The lowest BCUT2D eigenvalue weighted by Crippen LogP contribution is -2.30. The number of carbonyl (C=O) groups is 1. The van der Waals surface area contributed by atoms with Crippen LogP contribution in [0, 0.1) is 6.92 Å². The van der Waals surface area contributed by atoms with Crippen LogP contribution in [0.5, 0.6) is 5.75 Å². The molecule has 0 aliphatic carbocycles. The summed E-state index contributed by atoms with van der Waals surface area (Å²) in [4.78, 5) is 17.5. The van der Waals surface area contributed by atoms with Gasteiger partial charge >= 0.3 is 0 Å². The SMILES string of the molecule is Cc1cccn2cc(-c3ccccc3NC(=O)[C@@H](C)Oc3ccccc3Cl)nc12. The van der Waals surface area contributed by atoms with Crippen LogP contribution in [0.25, 0.3) is 16.9 Å². The third-order valence-corrected chi connectivity index (χ3v) is 4.96. The molecule has 0 spiro atoms. The molecule has 0 saturated carbocycles. The van der Waals surface area contributed by atoms with Gasteiger partial charge < -0.3 is 14.5 Å². The Balaban J connectivity index is 1.59. The van der Waals surface area contributed by atoms with Crippen LogP contribution in [0.3, 0.4) is 0 Å². The minimum atomic E-state index is -0.716. The fraction of sp³-hybridized carbons (Fsp3) is 0.130. The molecule has 0 radical (unpaired) electrons. The number of aromatic nitrogens is 2. The highest BCUT2D eigenvalue weighted by molar-refractivity contribution is 6.32. The molecule has 0 aliphatic rings. The number of pyridine rings is 1. The Kier molecular flexibility index (Phi) is 5.23. The lowest BCUT2D eigenvalue weighted by Gasteiger charge is -2.16. The summed E-state index contributed by atoms with van der Waals surface area (Å²) in [6, 6.07) is 18.7. The predicted molar refractivity (Wildman–Crippen MR) is 116 cm³/mol. The number of fused-ring (bicyclic) bond motifs is 1. The average Bonchev–Trinajstić information content (AvgIpc) is 3.15. The third kappa shape index (κ3) is 3.96. The minimum absolute atomic E-state index is 0.266. The Bertz CT molecular complexity index is 1190. The first-order valence-corrected chi connectivity index (χ1v) is 9.66. The molecule has 2 aromatic carbocycles. The van der Waals surface area contributed by atoms with Gasteiger partial charge in [-0.25, -0.2) is 4.98 Å². The van der Waals surface area contributed by atoms with Gasteiger partial charge in [0, 0.05) is 18.0 Å². The highest BCUT2D eigenvalue weighted by Gasteiger charge is 2.18. The zero-order valence-electron chi connectivity index (χ0n) is 16.1. The van der Waals surface area contributed by atoms with Crippen molar-refractivity contribution in [1.82, 2.24) is 9.38 Å². The van der Waals surface area contributed by atoms with Crippen molar-refractivity contribution in [2.45, 2.75) is 20.0 Å². The molecule has 0 unspecified atom stereocenters. The highest BCUT2D eigenvalue weighted by Crippen LogP contribution is 2.29. The van der Waals surface area contributed by atoms with E-state index in [0.29, 0.717) is 16.5 Å². The Morgan fingerprint density at radius 2 is 1.86 bits per heavy atom. The molecule has 0 aliphatic heterocycles. The van der Waals surface area contributed by atoms with Crippen LogP contribution < -0.4 is 10.1 Å². The quantitative estimate of drug-likeness (QED) is 0.485. The Morgan fingerprint density at radius 3 is 2.66 bits per heavy atom. The number of nitrogens with one attached hydrogen (secondary N) is 1. The van der Waals surface area contributed by atoms with Crippen LogP contribution in [0.1, 0.15) is 12.5 Å². The molecule has 6 heteroatoms. The van der Waals surface area contributed by atoms with E-state index in [4.69, 9.17) is 21.3 Å². The Labute approximate surface area is 173 Å². The van der Waals surface area contributed by atoms with Crippen molar-refractivity contribution < 1.29 is 9.53 Å². The summed E-state index contributed by atoms with van der Waals surface area (Å²) in [7, 11) is 0. The van der Waals surface area contributed by atoms with Crippen molar-refractivity contribution in [1.29, 1.82) is 0 Å². The summed E-state index contributed by atoms with van der Waals surface area (Å²) >= 11 is 6.12. The van der Waals surface area contributed by atoms with Crippen molar-refractivity contribution in [2.24, 2.45) is 0 Å². The number of imidazole rings is 1. The van der Waals surface area contributed by atoms with Gasteiger partial charge in [-0.15, -0.1) is 0 Å². The second-order valence-electron chi connectivity index (χ2n) is 6.77. The third-order valence-electron chi connectivity index (χ3n) is 4.65. The molecule has 1 amide bonds. The van der Waals surface area contributed by atoms with Gasteiger partial charge in [0.2, 0.25) is 0 Å². The van der Waals surface area contributed by atoms with Gasteiger partial charge in [0.1, 0.15) is 11.4 Å². The number of rotatable bonds is 5. The van der Waals surface area contributed by atoms with Crippen LogP contribution in [-0.2, 0) is 4.79 Å². The van der Waals surface area contributed by atoms with Crippen LogP contribution >= 0.6 is 11.6 Å². The first kappa shape index (κ1) is 19.0. The van der Waals surface area contributed by atoms with E-state index in [9.17, 15) is 4.79 Å². The second-order valence-corrected chi connectivity index (χ2v) is 7.18. The molecular formula is C23H20ClN3O2. The van der Waals surface area contributed by atoms with Gasteiger partial charge in [-0.1, -0.05) is 48.0 Å². The normalized spacial score (nSPS) is 12.0. The maximum absolute atomic E-state index is 12.7. The number of ether oxygens (including phenoxy) is 1. The van der Waals surface area contributed by atoms with Gasteiger partial charge in [0.15, 0.2) is 6.10 Å². The molecule has 29 heavy (non-hydrogen) atoms. The fourth-order valence-corrected chi connectivity index (χ4v) is 3.30.